The molecule has 17 N–H and O–H groups in total. The summed E-state index contributed by atoms with van der Waals surface area (Å²) in [7, 11) is 0. The number of aliphatic hydroxyl groups excluding tert-OH is 12. The van der Waals surface area contributed by atoms with E-state index in [9.17, 15) is 85.3 Å². The summed E-state index contributed by atoms with van der Waals surface area (Å²) in [4.78, 5) is 64.3. The minimum absolute atomic E-state index is 0.0677. The van der Waals surface area contributed by atoms with Crippen LogP contribution < -0.4 is 31.3 Å². The SMILES string of the molecule is CCCCCCCC=CCCCCOc1cccc(C(=O)N[C@@H]2C(O[C@H]3C(O)C(NC(C)=O)C(OC4C(CO)OC(OC5C(O)C(NC(C)=O)C(OC6C(CO)O[C@@H](O)[C@@H](NC(C)=O)[C@H]6O)C[C@H]5CO)[C@@H](NC(C)=O)[C@H]4O)O[C@H]3CO)OC(CO)[C@@H](O)[C@@H]2O)c1. The molecule has 1 aliphatic carbocycles. The van der Waals surface area contributed by atoms with Gasteiger partial charge in [-0.3, -0.25) is 24.0 Å². The largest absolute Gasteiger partial charge is 0.494 e. The Kier molecular flexibility index (Phi) is 29.8. The van der Waals surface area contributed by atoms with Crippen molar-refractivity contribution >= 4 is 29.5 Å². The second-order valence-corrected chi connectivity index (χ2v) is 23.4. The molecule has 4 heterocycles. The third kappa shape index (κ3) is 19.7. The van der Waals surface area contributed by atoms with Gasteiger partial charge in [-0.25, -0.2) is 0 Å². The van der Waals surface area contributed by atoms with Gasteiger partial charge in [-0.05, 0) is 56.7 Å². The number of rotatable bonds is 31. The molecule has 4 saturated heterocycles. The molecule has 0 radical (unpaired) electrons. The lowest BCUT2D eigenvalue weighted by molar-refractivity contribution is -0.358. The van der Waals surface area contributed by atoms with Crippen molar-refractivity contribution in [2.45, 2.75) is 246 Å². The molecule has 0 aromatic heterocycles. The molecule has 6 rings (SSSR count). The molecule has 1 aromatic rings. The lowest BCUT2D eigenvalue weighted by Crippen LogP contribution is -2.71. The maximum atomic E-state index is 13.9. The number of amides is 5. The Hall–Kier alpha value is -4.69. The Morgan fingerprint density at radius 2 is 0.933 bits per heavy atom. The van der Waals surface area contributed by atoms with E-state index in [0.29, 0.717) is 12.4 Å². The summed E-state index contributed by atoms with van der Waals surface area (Å²) in [6.07, 6.45) is -19.0. The van der Waals surface area contributed by atoms with Gasteiger partial charge in [0, 0.05) is 45.8 Å². The molecule has 5 aliphatic rings. The number of hydrogen-bond acceptors (Lipinski definition) is 26. The third-order valence-corrected chi connectivity index (χ3v) is 16.6. The molecule has 4 aliphatic heterocycles. The fourth-order valence-corrected chi connectivity index (χ4v) is 12.0. The first-order valence-corrected chi connectivity index (χ1v) is 30.8. The Balaban J connectivity index is 1.16. The van der Waals surface area contributed by atoms with Gasteiger partial charge in [-0.1, -0.05) is 50.8 Å². The van der Waals surface area contributed by atoms with E-state index in [1.54, 1.807) is 12.1 Å². The normalized spacial score (nSPS) is 37.2. The molecule has 31 nitrogen and oxygen atoms in total. The summed E-state index contributed by atoms with van der Waals surface area (Å²) in [5, 5.41) is 146. The van der Waals surface area contributed by atoms with Gasteiger partial charge in [0.1, 0.15) is 109 Å². The highest BCUT2D eigenvalue weighted by Gasteiger charge is 2.57. The van der Waals surface area contributed by atoms with E-state index in [4.69, 9.17) is 42.6 Å². The Bertz CT molecular complexity index is 2440. The van der Waals surface area contributed by atoms with Crippen molar-refractivity contribution in [1.82, 2.24) is 26.6 Å². The minimum atomic E-state index is -1.99. The second-order valence-electron chi connectivity index (χ2n) is 23.4. The van der Waals surface area contributed by atoms with Crippen LogP contribution in [0.5, 0.6) is 5.75 Å². The summed E-state index contributed by atoms with van der Waals surface area (Å²) < 4.78 is 54.5. The Morgan fingerprint density at radius 1 is 0.489 bits per heavy atom. The number of carbonyl (C=O) groups is 5. The fourth-order valence-electron chi connectivity index (χ4n) is 12.0. The zero-order valence-corrected chi connectivity index (χ0v) is 51.3. The number of allylic oxidation sites excluding steroid dienone is 2. The van der Waals surface area contributed by atoms with Crippen LogP contribution in [0.25, 0.3) is 0 Å². The number of hydrogen-bond donors (Lipinski definition) is 17. The first-order valence-electron chi connectivity index (χ1n) is 30.8. The quantitative estimate of drug-likeness (QED) is 0.0245. The average molecular weight is 1290 g/mol. The first kappa shape index (κ1) is 74.4. The van der Waals surface area contributed by atoms with Crippen molar-refractivity contribution in [1.29, 1.82) is 0 Å². The van der Waals surface area contributed by atoms with Crippen molar-refractivity contribution < 1.29 is 128 Å². The van der Waals surface area contributed by atoms with Crippen molar-refractivity contribution in [3.63, 3.8) is 0 Å². The third-order valence-electron chi connectivity index (χ3n) is 16.6. The molecule has 512 valence electrons. The smallest absolute Gasteiger partial charge is 0.251 e. The van der Waals surface area contributed by atoms with Crippen LogP contribution in [0.2, 0.25) is 0 Å². The summed E-state index contributed by atoms with van der Waals surface area (Å²) in [5.74, 6) is -4.51. The van der Waals surface area contributed by atoms with Crippen molar-refractivity contribution in [2.24, 2.45) is 5.92 Å². The lowest BCUT2D eigenvalue weighted by Gasteiger charge is -2.51. The number of ether oxygens (including phenoxy) is 9. The minimum Gasteiger partial charge on any atom is -0.494 e. The maximum absolute atomic E-state index is 13.9. The highest BCUT2D eigenvalue weighted by atomic mass is 16.8. The van der Waals surface area contributed by atoms with E-state index in [1.165, 1.54) is 44.2 Å². The zero-order valence-electron chi connectivity index (χ0n) is 51.3. The van der Waals surface area contributed by atoms with Crippen LogP contribution in [0, 0.1) is 5.92 Å². The van der Waals surface area contributed by atoms with Crippen molar-refractivity contribution in [2.75, 3.05) is 39.6 Å². The lowest BCUT2D eigenvalue weighted by atomic mass is 9.79. The van der Waals surface area contributed by atoms with Crippen molar-refractivity contribution in [3.05, 3.63) is 42.0 Å². The summed E-state index contributed by atoms with van der Waals surface area (Å²) in [6, 6.07) is -1.77. The number of carbonyl (C=O) groups excluding carboxylic acids is 5. The van der Waals surface area contributed by atoms with Gasteiger partial charge in [0.15, 0.2) is 25.2 Å². The molecule has 14 unspecified atom stereocenters. The van der Waals surface area contributed by atoms with Gasteiger partial charge in [-0.15, -0.1) is 0 Å². The van der Waals surface area contributed by atoms with E-state index in [-0.39, 0.29) is 12.0 Å². The summed E-state index contributed by atoms with van der Waals surface area (Å²) >= 11 is 0. The van der Waals surface area contributed by atoms with Gasteiger partial charge < -0.3 is 130 Å². The van der Waals surface area contributed by atoms with Gasteiger partial charge in [0.05, 0.1) is 51.3 Å². The molecule has 31 heteroatoms. The first-order chi connectivity index (χ1) is 43.0. The molecular formula is C59H95N5O26. The molecule has 1 saturated carbocycles. The predicted octanol–water partition coefficient (Wildman–Crippen LogP) is -4.78. The highest BCUT2D eigenvalue weighted by Crippen LogP contribution is 2.38. The van der Waals surface area contributed by atoms with Crippen molar-refractivity contribution in [3.8, 4) is 5.75 Å². The average Bonchev–Trinajstić information content (AvgIpc) is 0.815. The van der Waals surface area contributed by atoms with Crippen LogP contribution in [0.4, 0.5) is 0 Å². The van der Waals surface area contributed by atoms with E-state index >= 15 is 0 Å². The van der Waals surface area contributed by atoms with E-state index in [2.05, 4.69) is 45.7 Å². The predicted molar refractivity (Wildman–Crippen MR) is 310 cm³/mol. The van der Waals surface area contributed by atoms with E-state index < -0.39 is 215 Å². The number of unbranched alkanes of at least 4 members (excludes halogenated alkanes) is 7. The fraction of sp³-hybridized carbons (Fsp3) is 0.780. The summed E-state index contributed by atoms with van der Waals surface area (Å²) in [6.45, 7) is 2.51. The summed E-state index contributed by atoms with van der Waals surface area (Å²) in [5.41, 5.74) is 0.0677. The molecule has 25 atom stereocenters. The van der Waals surface area contributed by atoms with Gasteiger partial charge in [0.25, 0.3) is 5.91 Å². The van der Waals surface area contributed by atoms with E-state index in [0.717, 1.165) is 53.4 Å². The second kappa shape index (κ2) is 36.1. The topological polar surface area (TPSA) is 471 Å². The van der Waals surface area contributed by atoms with Crippen LogP contribution in [0.3, 0.4) is 0 Å². The number of aliphatic hydroxyl groups is 12. The van der Waals surface area contributed by atoms with Crippen LogP contribution in [0.1, 0.15) is 109 Å². The monoisotopic (exact) mass is 1290 g/mol. The van der Waals surface area contributed by atoms with E-state index in [1.807, 2.05) is 0 Å². The van der Waals surface area contributed by atoms with Crippen LogP contribution in [0.15, 0.2) is 36.4 Å². The number of benzene rings is 1. The van der Waals surface area contributed by atoms with Gasteiger partial charge >= 0.3 is 0 Å². The van der Waals surface area contributed by atoms with Crippen LogP contribution in [-0.2, 0) is 57.1 Å². The molecular weight excluding hydrogens is 1190 g/mol. The highest BCUT2D eigenvalue weighted by molar-refractivity contribution is 5.94. The van der Waals surface area contributed by atoms with Crippen LogP contribution in [-0.4, -0.2) is 277 Å². The number of nitrogens with one attached hydrogen (secondary N) is 5. The molecule has 0 bridgehead atoms. The zero-order chi connectivity index (χ0) is 65.9. The standard InChI is InChI=1S/C59H95N5O26/c1-6-7-8-9-10-11-12-13-14-15-16-20-82-34-19-17-18-32(21-34)55(80)64-42-46(75)45(74)36(24-66)85-57(42)89-53-39(27-69)87-59(44(50(53)79)63-31(5)73)90-54-38(26-68)86-58(43(49(54)78)62-30(4)72)88-51-33(23-65)22-35(40(47(51)76)60-28(2)70)83-52-37(25-67)84-56(81)41(48(52)77)61-29(3)71/h12-13,17-19,21,33,35-54,56-59,65-69,74-79,81H,6-11,14-16,20,22-27H2,1-5H3,(H,60,70)(H,61,71)(H,62,72)(H,63,73)(H,64,80)/t33-,35?,36?,37?,38?,39-,40?,41-,42-,43-,44?,45+,46+,47?,48+,49+,50?,51?,52?,53+,54?,56+,57?,58?,59?/m0/s1. The molecule has 5 fully saturated rings. The molecule has 1 aromatic carbocycles. The molecule has 90 heavy (non-hydrogen) atoms. The molecule has 5 amide bonds. The Morgan fingerprint density at radius 3 is 1.46 bits per heavy atom. The Labute approximate surface area is 521 Å². The van der Waals surface area contributed by atoms with Crippen LogP contribution >= 0.6 is 0 Å². The molecule has 0 spiro atoms. The van der Waals surface area contributed by atoms with Gasteiger partial charge in [0.2, 0.25) is 23.6 Å². The maximum Gasteiger partial charge on any atom is 0.251 e. The van der Waals surface area contributed by atoms with Gasteiger partial charge in [-0.2, -0.15) is 0 Å².